The molecule has 0 saturated heterocycles. The van der Waals surface area contributed by atoms with E-state index in [0.29, 0.717) is 11.1 Å². The van der Waals surface area contributed by atoms with Gasteiger partial charge in [0.2, 0.25) is 5.91 Å². The third-order valence-corrected chi connectivity index (χ3v) is 8.18. The molecule has 3 aromatic carbocycles. The number of fused-ring (bicyclic) bond motifs is 4. The topological polar surface area (TPSA) is 187 Å². The molecule has 0 aromatic heterocycles. The number of carbonyl (C=O) groups excluding carboxylic acids is 3. The lowest BCUT2D eigenvalue weighted by atomic mass is 9.98. The van der Waals surface area contributed by atoms with E-state index in [-0.39, 0.29) is 31.3 Å². The Morgan fingerprint density at radius 2 is 1.64 bits per heavy atom. The predicted molar refractivity (Wildman–Crippen MR) is 154 cm³/mol. The van der Waals surface area contributed by atoms with Crippen LogP contribution in [0.5, 0.6) is 5.75 Å². The fourth-order valence-corrected chi connectivity index (χ4v) is 6.05. The van der Waals surface area contributed by atoms with Gasteiger partial charge in [-0.1, -0.05) is 54.6 Å². The number of esters is 1. The van der Waals surface area contributed by atoms with Gasteiger partial charge in [-0.15, -0.1) is 0 Å². The molecule has 1 unspecified atom stereocenters. The van der Waals surface area contributed by atoms with Crippen LogP contribution in [0.2, 0.25) is 0 Å². The van der Waals surface area contributed by atoms with Crippen LogP contribution < -0.4 is 15.2 Å². The van der Waals surface area contributed by atoms with Crippen LogP contribution in [-0.2, 0) is 46.0 Å². The number of amides is 2. The van der Waals surface area contributed by atoms with Crippen LogP contribution >= 0.6 is 7.82 Å². The Labute approximate surface area is 251 Å². The molecule has 4 N–H and O–H groups in total. The zero-order valence-corrected chi connectivity index (χ0v) is 24.3. The maximum absolute atomic E-state index is 13.2. The van der Waals surface area contributed by atoms with Crippen molar-refractivity contribution in [3.05, 3.63) is 89.0 Å². The number of ether oxygens (including phenoxy) is 2. The van der Waals surface area contributed by atoms with Crippen LogP contribution in [0.15, 0.2) is 66.7 Å². The molecule has 0 fully saturated rings. The van der Waals surface area contributed by atoms with E-state index in [1.165, 1.54) is 12.1 Å². The molecule has 1 heterocycles. The first-order valence-electron chi connectivity index (χ1n) is 13.5. The highest BCUT2D eigenvalue weighted by molar-refractivity contribution is 7.47. The van der Waals surface area contributed by atoms with E-state index >= 15 is 0 Å². The molecule has 14 heteroatoms. The van der Waals surface area contributed by atoms with E-state index in [9.17, 15) is 33.7 Å². The van der Waals surface area contributed by atoms with Gasteiger partial charge in [0, 0.05) is 17.9 Å². The molecule has 2 aliphatic rings. The van der Waals surface area contributed by atoms with Crippen molar-refractivity contribution in [3.63, 3.8) is 0 Å². The molecule has 0 spiro atoms. The molecule has 3 aromatic rings. The number of hydrogen-bond acceptors (Lipinski definition) is 9. The maximum atomic E-state index is 13.2. The first kappa shape index (κ1) is 30.7. The Hall–Kier alpha value is -4.71. The molecule has 1 aliphatic carbocycles. The number of nitrogens with one attached hydrogen (secondary N) is 2. The number of carboxylic acids is 1. The smallest absolute Gasteiger partial charge is 0.481 e. The van der Waals surface area contributed by atoms with Gasteiger partial charge in [0.15, 0.2) is 0 Å². The summed E-state index contributed by atoms with van der Waals surface area (Å²) < 4.78 is 31.7. The summed E-state index contributed by atoms with van der Waals surface area (Å²) in [5.74, 6) is -3.24. The third kappa shape index (κ3) is 6.91. The number of methoxy groups -OCH3 is 1. The van der Waals surface area contributed by atoms with Gasteiger partial charge in [0.25, 0.3) is 0 Å². The lowest BCUT2D eigenvalue weighted by Gasteiger charge is -2.23. The summed E-state index contributed by atoms with van der Waals surface area (Å²) in [6.45, 7) is -0.263. The van der Waals surface area contributed by atoms with E-state index in [0.717, 1.165) is 29.4 Å². The van der Waals surface area contributed by atoms with Gasteiger partial charge in [-0.25, -0.2) is 14.2 Å². The number of hydrogen-bond donors (Lipinski definition) is 4. The highest BCUT2D eigenvalue weighted by Gasteiger charge is 2.33. The number of carbonyl (C=O) groups is 4. The maximum Gasteiger partial charge on any atom is 0.527 e. The zero-order valence-electron chi connectivity index (χ0n) is 23.4. The van der Waals surface area contributed by atoms with Gasteiger partial charge in [0.1, 0.15) is 24.4 Å². The van der Waals surface area contributed by atoms with E-state index in [1.54, 1.807) is 6.07 Å². The van der Waals surface area contributed by atoms with Crippen molar-refractivity contribution in [1.82, 2.24) is 10.6 Å². The van der Waals surface area contributed by atoms with E-state index in [1.807, 2.05) is 48.5 Å². The molecular weight excluding hydrogens is 595 g/mol. The van der Waals surface area contributed by atoms with Crippen molar-refractivity contribution < 1.29 is 52.3 Å². The molecule has 0 radical (unpaired) electrons. The second-order valence-electron chi connectivity index (χ2n) is 10.2. The van der Waals surface area contributed by atoms with E-state index in [4.69, 9.17) is 18.5 Å². The van der Waals surface area contributed by atoms with Crippen molar-refractivity contribution in [2.75, 3.05) is 13.7 Å². The summed E-state index contributed by atoms with van der Waals surface area (Å²) in [6, 6.07) is 17.2. The average molecular weight is 625 g/mol. The van der Waals surface area contributed by atoms with Crippen molar-refractivity contribution in [2.24, 2.45) is 0 Å². The van der Waals surface area contributed by atoms with Crippen LogP contribution in [0.4, 0.5) is 4.79 Å². The van der Waals surface area contributed by atoms with E-state index in [2.05, 4.69) is 10.6 Å². The number of phosphoric acid groups is 1. The molecule has 1 aliphatic heterocycles. The Balaban J connectivity index is 1.25. The molecule has 0 saturated carbocycles. The summed E-state index contributed by atoms with van der Waals surface area (Å²) in [5, 5.41) is 14.2. The Bertz CT molecular complexity index is 1610. The van der Waals surface area contributed by atoms with Gasteiger partial charge < -0.3 is 29.7 Å². The number of alkyl carbamates (subject to hydrolysis) is 1. The fraction of sp³-hybridized carbons (Fsp3) is 0.267. The van der Waals surface area contributed by atoms with Gasteiger partial charge in [-0.3, -0.25) is 19.0 Å². The standard InChI is InChI=1S/C30H29N2O11P/c1-40-29(36)25(13-17-10-11-26-18(12-17)15-42-44(38,39)43-26)31-28(35)24(14-27(33)34)32-30(37)41-16-23-21-8-4-2-6-19(21)20-7-3-5-9-22(20)23/h2-12,23-25H,13-16H2,1H3,(H,31,35)(H,32,37)(H,33,34)(H,38,39)/t24-,25-/m0/s1. The summed E-state index contributed by atoms with van der Waals surface area (Å²) in [7, 11) is -3.08. The molecular formula is C30H29N2O11P. The number of benzene rings is 3. The summed E-state index contributed by atoms with van der Waals surface area (Å²) >= 11 is 0. The fourth-order valence-electron chi connectivity index (χ4n) is 5.27. The molecule has 3 atom stereocenters. The largest absolute Gasteiger partial charge is 0.527 e. The number of carboxylic acid groups (broad SMARTS) is 1. The van der Waals surface area contributed by atoms with Crippen LogP contribution in [0.25, 0.3) is 11.1 Å². The summed E-state index contributed by atoms with van der Waals surface area (Å²) in [4.78, 5) is 59.6. The Morgan fingerprint density at radius 3 is 2.27 bits per heavy atom. The van der Waals surface area contributed by atoms with Crippen molar-refractivity contribution in [1.29, 1.82) is 0 Å². The second kappa shape index (κ2) is 12.9. The normalized spacial score (nSPS) is 18.0. The number of aliphatic carboxylic acids is 1. The first-order chi connectivity index (χ1) is 21.0. The molecule has 0 bridgehead atoms. The number of rotatable bonds is 10. The van der Waals surface area contributed by atoms with Gasteiger partial charge in [-0.2, -0.15) is 0 Å². The van der Waals surface area contributed by atoms with Gasteiger partial charge in [0.05, 0.1) is 20.1 Å². The predicted octanol–water partition coefficient (Wildman–Crippen LogP) is 3.28. The molecule has 13 nitrogen and oxygen atoms in total. The monoisotopic (exact) mass is 624 g/mol. The average Bonchev–Trinajstić information content (AvgIpc) is 3.32. The lowest BCUT2D eigenvalue weighted by molar-refractivity contribution is -0.145. The van der Waals surface area contributed by atoms with E-state index < -0.39 is 50.3 Å². The minimum Gasteiger partial charge on any atom is -0.481 e. The summed E-state index contributed by atoms with van der Waals surface area (Å²) in [6.07, 6.45) is -1.87. The zero-order chi connectivity index (χ0) is 31.4. The minimum atomic E-state index is -4.20. The Kier molecular flexibility index (Phi) is 9.00. The minimum absolute atomic E-state index is 0.0520. The van der Waals surface area contributed by atoms with Gasteiger partial charge in [-0.05, 0) is 39.9 Å². The third-order valence-electron chi connectivity index (χ3n) is 7.29. The van der Waals surface area contributed by atoms with Crippen LogP contribution in [0.1, 0.15) is 34.6 Å². The quantitative estimate of drug-likeness (QED) is 0.192. The lowest BCUT2D eigenvalue weighted by Crippen LogP contribution is -2.53. The van der Waals surface area contributed by atoms with Crippen LogP contribution in [0, 0.1) is 0 Å². The summed E-state index contributed by atoms with van der Waals surface area (Å²) in [5.41, 5.74) is 4.98. The van der Waals surface area contributed by atoms with Crippen molar-refractivity contribution in [2.45, 2.75) is 37.5 Å². The van der Waals surface area contributed by atoms with Crippen molar-refractivity contribution in [3.8, 4) is 16.9 Å². The highest BCUT2D eigenvalue weighted by atomic mass is 31.2. The number of phosphoric ester groups is 1. The van der Waals surface area contributed by atoms with Gasteiger partial charge >= 0.3 is 25.9 Å². The molecule has 5 rings (SSSR count). The highest BCUT2D eigenvalue weighted by Crippen LogP contribution is 2.50. The van der Waals surface area contributed by atoms with Crippen molar-refractivity contribution >= 4 is 31.8 Å². The first-order valence-corrected chi connectivity index (χ1v) is 15.0. The second-order valence-corrected chi connectivity index (χ2v) is 11.6. The molecule has 2 amide bonds. The van der Waals surface area contributed by atoms with Crippen LogP contribution in [-0.4, -0.2) is 59.7 Å². The molecule has 230 valence electrons. The Morgan fingerprint density at radius 1 is 0.977 bits per heavy atom. The SMILES string of the molecule is COC(=O)[C@H](Cc1ccc2c(c1)COP(=O)(O)O2)NC(=O)[C@H](CC(=O)O)NC(=O)OCC1c2ccccc2-c2ccccc21. The molecule has 44 heavy (non-hydrogen) atoms. The van der Waals surface area contributed by atoms with Crippen LogP contribution in [0.3, 0.4) is 0 Å².